The Morgan fingerprint density at radius 1 is 1.19 bits per heavy atom. The number of ether oxygens (including phenoxy) is 2. The van der Waals surface area contributed by atoms with E-state index in [0.29, 0.717) is 37.4 Å². The highest BCUT2D eigenvalue weighted by Crippen LogP contribution is 2.66. The number of likely N-dealkylation sites (tertiary alicyclic amines) is 1. The zero-order valence-electron chi connectivity index (χ0n) is 26.6. The predicted octanol–water partition coefficient (Wildman–Crippen LogP) is 4.06. The zero-order chi connectivity index (χ0) is 31.7. The van der Waals surface area contributed by atoms with Crippen molar-refractivity contribution in [3.05, 3.63) is 49.6 Å². The van der Waals surface area contributed by atoms with Crippen molar-refractivity contribution in [2.24, 2.45) is 23.7 Å². The normalized spacial score (nSPS) is 30.5. The van der Waals surface area contributed by atoms with Gasteiger partial charge in [-0.3, -0.25) is 14.4 Å². The number of fused-ring (bicyclic) bond motifs is 1. The summed E-state index contributed by atoms with van der Waals surface area (Å²) >= 11 is 0. The molecule has 1 N–H and O–H groups in total. The van der Waals surface area contributed by atoms with Gasteiger partial charge >= 0.3 is 0 Å². The Hall–Kier alpha value is -3.17. The second kappa shape index (κ2) is 12.8. The number of anilines is 1. The SMILES string of the molecule is C=CCN(CCC)C(=O)[C@H]1[C@H]2C(=O)N([C@@H](CO)[C@@H](C)CC)C(C(=O)N(CC=C)c3ccc(OC)cc3)C23CC(C)[C@]1(C)O3. The van der Waals surface area contributed by atoms with Crippen LogP contribution in [0, 0.1) is 23.7 Å². The van der Waals surface area contributed by atoms with Crippen LogP contribution in [0.1, 0.15) is 53.9 Å². The summed E-state index contributed by atoms with van der Waals surface area (Å²) in [6.07, 6.45) is 5.26. The molecule has 1 spiro atoms. The number of aliphatic hydroxyl groups is 1. The Morgan fingerprint density at radius 2 is 1.84 bits per heavy atom. The van der Waals surface area contributed by atoms with Crippen molar-refractivity contribution in [1.29, 1.82) is 0 Å². The molecule has 3 unspecified atom stereocenters. The highest BCUT2D eigenvalue weighted by atomic mass is 16.5. The molecule has 9 heteroatoms. The van der Waals surface area contributed by atoms with Crippen molar-refractivity contribution in [2.75, 3.05) is 38.3 Å². The fraction of sp³-hybridized carbons (Fsp3) is 0.618. The van der Waals surface area contributed by atoms with Gasteiger partial charge in [0.15, 0.2) is 0 Å². The van der Waals surface area contributed by atoms with Gasteiger partial charge in [-0.1, -0.05) is 46.3 Å². The average molecular weight is 596 g/mol. The maximum Gasteiger partial charge on any atom is 0.253 e. The van der Waals surface area contributed by atoms with Crippen LogP contribution in [0.5, 0.6) is 5.75 Å². The van der Waals surface area contributed by atoms with Gasteiger partial charge in [0.1, 0.15) is 17.4 Å². The van der Waals surface area contributed by atoms with E-state index in [-0.39, 0.29) is 42.7 Å². The van der Waals surface area contributed by atoms with Gasteiger partial charge in [0, 0.05) is 25.3 Å². The molecule has 9 nitrogen and oxygen atoms in total. The molecule has 1 aromatic carbocycles. The molecule has 3 aliphatic rings. The Labute approximate surface area is 256 Å². The fourth-order valence-electron chi connectivity index (χ4n) is 7.78. The molecule has 3 amide bonds. The van der Waals surface area contributed by atoms with E-state index in [9.17, 15) is 19.5 Å². The van der Waals surface area contributed by atoms with Crippen LogP contribution in [0.25, 0.3) is 0 Å². The van der Waals surface area contributed by atoms with Crippen LogP contribution in [0.3, 0.4) is 0 Å². The van der Waals surface area contributed by atoms with Crippen molar-refractivity contribution in [3.8, 4) is 5.75 Å². The third-order valence-corrected chi connectivity index (χ3v) is 10.2. The van der Waals surface area contributed by atoms with Crippen LogP contribution in [0.4, 0.5) is 5.69 Å². The van der Waals surface area contributed by atoms with Gasteiger partial charge in [-0.25, -0.2) is 0 Å². The van der Waals surface area contributed by atoms with E-state index in [4.69, 9.17) is 9.47 Å². The summed E-state index contributed by atoms with van der Waals surface area (Å²) in [7, 11) is 1.58. The van der Waals surface area contributed by atoms with Crippen molar-refractivity contribution in [3.63, 3.8) is 0 Å². The second-order valence-electron chi connectivity index (χ2n) is 12.6. The van der Waals surface area contributed by atoms with Gasteiger partial charge in [0.05, 0.1) is 37.2 Å². The lowest BCUT2D eigenvalue weighted by Crippen LogP contribution is -2.60. The van der Waals surface area contributed by atoms with Gasteiger partial charge in [-0.2, -0.15) is 0 Å². The number of rotatable bonds is 14. The summed E-state index contributed by atoms with van der Waals surface area (Å²) in [5, 5.41) is 10.7. The minimum absolute atomic E-state index is 0.0852. The Balaban J connectivity index is 1.89. The molecule has 1 aromatic rings. The molecule has 2 bridgehead atoms. The molecule has 236 valence electrons. The molecule has 0 aliphatic carbocycles. The van der Waals surface area contributed by atoms with E-state index in [0.717, 1.165) is 6.42 Å². The predicted molar refractivity (Wildman–Crippen MR) is 167 cm³/mol. The first-order valence-corrected chi connectivity index (χ1v) is 15.6. The summed E-state index contributed by atoms with van der Waals surface area (Å²) in [5.41, 5.74) is -1.52. The number of hydrogen-bond acceptors (Lipinski definition) is 6. The Kier molecular flexibility index (Phi) is 9.76. The summed E-state index contributed by atoms with van der Waals surface area (Å²) in [6, 6.07) is 5.52. The lowest BCUT2D eigenvalue weighted by Gasteiger charge is -2.41. The Bertz CT molecular complexity index is 1220. The molecule has 3 heterocycles. The molecule has 3 aliphatic heterocycles. The topological polar surface area (TPSA) is 99.6 Å². The van der Waals surface area contributed by atoms with Gasteiger partial charge in [-0.15, -0.1) is 13.2 Å². The van der Waals surface area contributed by atoms with Gasteiger partial charge < -0.3 is 29.3 Å². The molecule has 0 aromatic heterocycles. The molecule has 0 radical (unpaired) electrons. The second-order valence-corrected chi connectivity index (χ2v) is 12.6. The molecule has 3 fully saturated rings. The maximum atomic E-state index is 14.9. The number of carbonyl (C=O) groups is 3. The largest absolute Gasteiger partial charge is 0.497 e. The molecule has 3 saturated heterocycles. The van der Waals surface area contributed by atoms with Crippen molar-refractivity contribution < 1.29 is 29.0 Å². The van der Waals surface area contributed by atoms with Crippen LogP contribution < -0.4 is 9.64 Å². The highest BCUT2D eigenvalue weighted by Gasteiger charge is 2.80. The number of hydrogen-bond donors (Lipinski definition) is 1. The van der Waals surface area contributed by atoms with Crippen LogP contribution in [-0.2, 0) is 19.1 Å². The fourth-order valence-corrected chi connectivity index (χ4v) is 7.78. The van der Waals surface area contributed by atoms with E-state index in [1.54, 1.807) is 58.2 Å². The summed E-state index contributed by atoms with van der Waals surface area (Å²) in [5.74, 6) is -1.90. The highest BCUT2D eigenvalue weighted by molar-refractivity contribution is 6.05. The van der Waals surface area contributed by atoms with E-state index < -0.39 is 35.1 Å². The van der Waals surface area contributed by atoms with Crippen molar-refractivity contribution in [1.82, 2.24) is 9.80 Å². The molecular formula is C34H49N3O6. The van der Waals surface area contributed by atoms with Crippen LogP contribution in [-0.4, -0.2) is 89.3 Å². The standard InChI is InChI=1S/C34H49N3O6/c1-9-17-35(18-10-2)30(39)27-28-31(40)37(26(21-38)22(5)12-4)29(34(28)20-23(6)33(27,7)43-34)32(41)36(19-11-3)24-13-15-25(42-8)16-14-24/h9,11,13-16,22-23,26-29,38H,1,3,10,12,17-21H2,2,4-8H3/t22-,23?,26-,27+,28-,29?,33-,34?/m0/s1. The molecule has 4 rings (SSSR count). The minimum atomic E-state index is -1.22. The van der Waals surface area contributed by atoms with Crippen molar-refractivity contribution >= 4 is 23.4 Å². The van der Waals surface area contributed by atoms with Crippen LogP contribution in [0.2, 0.25) is 0 Å². The summed E-state index contributed by atoms with van der Waals surface area (Å²) < 4.78 is 12.3. The lowest BCUT2D eigenvalue weighted by molar-refractivity contribution is -0.154. The third kappa shape index (κ3) is 5.18. The van der Waals surface area contributed by atoms with Gasteiger partial charge in [-0.05, 0) is 55.9 Å². The maximum absolute atomic E-state index is 14.9. The van der Waals surface area contributed by atoms with Crippen molar-refractivity contribution in [2.45, 2.75) is 77.2 Å². The number of amides is 3. The third-order valence-electron chi connectivity index (χ3n) is 10.2. The van der Waals surface area contributed by atoms with Crippen LogP contribution in [0.15, 0.2) is 49.6 Å². The van der Waals surface area contributed by atoms with Crippen LogP contribution >= 0.6 is 0 Å². The first-order valence-electron chi connectivity index (χ1n) is 15.6. The summed E-state index contributed by atoms with van der Waals surface area (Å²) in [4.78, 5) is 48.9. The molecule has 43 heavy (non-hydrogen) atoms. The number of nitrogens with zero attached hydrogens (tertiary/aromatic N) is 3. The number of aliphatic hydroxyl groups excluding tert-OH is 1. The van der Waals surface area contributed by atoms with E-state index in [1.165, 1.54) is 0 Å². The van der Waals surface area contributed by atoms with E-state index >= 15 is 0 Å². The first kappa shape index (κ1) is 32.7. The van der Waals surface area contributed by atoms with E-state index in [1.807, 2.05) is 34.6 Å². The monoisotopic (exact) mass is 595 g/mol. The zero-order valence-corrected chi connectivity index (χ0v) is 26.6. The van der Waals surface area contributed by atoms with E-state index in [2.05, 4.69) is 13.2 Å². The minimum Gasteiger partial charge on any atom is -0.497 e. The van der Waals surface area contributed by atoms with Gasteiger partial charge in [0.2, 0.25) is 11.8 Å². The summed E-state index contributed by atoms with van der Waals surface area (Å²) in [6.45, 7) is 18.5. The number of benzene rings is 1. The quantitative estimate of drug-likeness (QED) is 0.326. The smallest absolute Gasteiger partial charge is 0.253 e. The average Bonchev–Trinajstić information content (AvgIpc) is 3.52. The number of carbonyl (C=O) groups excluding carboxylic acids is 3. The number of methoxy groups -OCH3 is 1. The molecule has 0 saturated carbocycles. The molecular weight excluding hydrogens is 546 g/mol. The molecule has 8 atom stereocenters. The Morgan fingerprint density at radius 3 is 2.37 bits per heavy atom. The first-order chi connectivity index (χ1) is 20.5. The van der Waals surface area contributed by atoms with Gasteiger partial charge in [0.25, 0.3) is 5.91 Å². The lowest BCUT2D eigenvalue weighted by atomic mass is 9.62.